The molecule has 2 aliphatic rings. The van der Waals surface area contributed by atoms with Crippen LogP contribution in [0.5, 0.6) is 23.0 Å². The first-order valence-electron chi connectivity index (χ1n) is 9.05. The molecule has 0 aromatic heterocycles. The highest BCUT2D eigenvalue weighted by atomic mass is 19.2. The van der Waals surface area contributed by atoms with Gasteiger partial charge in [0, 0.05) is 31.7 Å². The first kappa shape index (κ1) is 19.0. The minimum absolute atomic E-state index is 0.0824. The summed E-state index contributed by atoms with van der Waals surface area (Å²) < 4.78 is 43.4. The number of hydrogen-bond acceptors (Lipinski definition) is 5. The molecule has 2 amide bonds. The Morgan fingerprint density at radius 2 is 1.93 bits per heavy atom. The van der Waals surface area contributed by atoms with Crippen molar-refractivity contribution in [3.05, 3.63) is 42.0 Å². The van der Waals surface area contributed by atoms with Crippen molar-refractivity contribution >= 4 is 17.5 Å². The van der Waals surface area contributed by atoms with E-state index in [2.05, 4.69) is 5.32 Å². The van der Waals surface area contributed by atoms with Crippen molar-refractivity contribution in [2.75, 3.05) is 25.6 Å². The summed E-state index contributed by atoms with van der Waals surface area (Å²) in [4.78, 5) is 25.8. The lowest BCUT2D eigenvalue weighted by Gasteiger charge is -2.24. The minimum Gasteiger partial charge on any atom is -0.486 e. The molecule has 4 rings (SSSR count). The number of likely N-dealkylation sites (N-methyl/N-ethyl adjacent to an activating group) is 1. The average molecular weight is 404 g/mol. The van der Waals surface area contributed by atoms with E-state index in [1.807, 2.05) is 0 Å². The van der Waals surface area contributed by atoms with Gasteiger partial charge in [0.2, 0.25) is 11.8 Å². The van der Waals surface area contributed by atoms with Crippen LogP contribution in [-0.4, -0.2) is 43.0 Å². The maximum atomic E-state index is 13.5. The standard InChI is InChI=1S/C20H18F2N2O5/c1-24-16(4-5-18(24)25)20(26)23-15-9-12(10-17-19(15)28-7-6-27-17)29-11-2-3-13(21)14(22)8-11/h2-3,8-10,16H,4-7H2,1H3,(H,23,26)/t16-/m0/s1. The molecule has 29 heavy (non-hydrogen) atoms. The molecule has 0 spiro atoms. The van der Waals surface area contributed by atoms with Gasteiger partial charge in [0.15, 0.2) is 23.1 Å². The fourth-order valence-corrected chi connectivity index (χ4v) is 3.28. The number of carbonyl (C=O) groups excluding carboxylic acids is 2. The molecule has 0 radical (unpaired) electrons. The molecule has 9 heteroatoms. The Hall–Kier alpha value is -3.36. The molecule has 7 nitrogen and oxygen atoms in total. The molecule has 0 saturated carbocycles. The lowest BCUT2D eigenvalue weighted by Crippen LogP contribution is -2.39. The van der Waals surface area contributed by atoms with Crippen LogP contribution < -0.4 is 19.5 Å². The molecule has 0 bridgehead atoms. The van der Waals surface area contributed by atoms with Crippen molar-refractivity contribution in [3.8, 4) is 23.0 Å². The predicted octanol–water partition coefficient (Wildman–Crippen LogP) is 3.09. The summed E-state index contributed by atoms with van der Waals surface area (Å²) in [6.07, 6.45) is 0.733. The SMILES string of the molecule is CN1C(=O)CC[C@H]1C(=O)Nc1cc(Oc2ccc(F)c(F)c2)cc2c1OCCO2. The smallest absolute Gasteiger partial charge is 0.247 e. The molecule has 2 aromatic rings. The summed E-state index contributed by atoms with van der Waals surface area (Å²) in [7, 11) is 1.58. The number of benzene rings is 2. The number of amides is 2. The number of fused-ring (bicyclic) bond motifs is 1. The van der Waals surface area contributed by atoms with E-state index in [1.165, 1.54) is 23.1 Å². The van der Waals surface area contributed by atoms with Crippen LogP contribution in [0.4, 0.5) is 14.5 Å². The van der Waals surface area contributed by atoms with Gasteiger partial charge in [-0.05, 0) is 18.6 Å². The molecule has 0 unspecified atom stereocenters. The number of hydrogen-bond donors (Lipinski definition) is 1. The summed E-state index contributed by atoms with van der Waals surface area (Å²) in [5, 5.41) is 2.76. The molecule has 1 saturated heterocycles. The zero-order valence-corrected chi connectivity index (χ0v) is 15.5. The van der Waals surface area contributed by atoms with E-state index in [0.29, 0.717) is 43.2 Å². The van der Waals surface area contributed by atoms with E-state index in [-0.39, 0.29) is 23.3 Å². The molecule has 1 N–H and O–H groups in total. The monoisotopic (exact) mass is 404 g/mol. The van der Waals surface area contributed by atoms with Crippen LogP contribution in [0.25, 0.3) is 0 Å². The minimum atomic E-state index is -1.04. The number of nitrogens with one attached hydrogen (secondary N) is 1. The molecule has 1 fully saturated rings. The van der Waals surface area contributed by atoms with E-state index in [9.17, 15) is 18.4 Å². The van der Waals surface area contributed by atoms with E-state index in [1.54, 1.807) is 7.05 Å². The fourth-order valence-electron chi connectivity index (χ4n) is 3.28. The maximum absolute atomic E-state index is 13.5. The summed E-state index contributed by atoms with van der Waals surface area (Å²) in [5.41, 5.74) is 0.303. The van der Waals surface area contributed by atoms with Gasteiger partial charge >= 0.3 is 0 Å². The van der Waals surface area contributed by atoms with Crippen molar-refractivity contribution in [3.63, 3.8) is 0 Å². The van der Waals surface area contributed by atoms with Gasteiger partial charge in [-0.1, -0.05) is 0 Å². The van der Waals surface area contributed by atoms with Crippen molar-refractivity contribution in [1.29, 1.82) is 0 Å². The average Bonchev–Trinajstić information content (AvgIpc) is 3.03. The largest absolute Gasteiger partial charge is 0.486 e. The summed E-state index contributed by atoms with van der Waals surface area (Å²) in [6, 6.07) is 5.62. The Labute approximate surface area is 165 Å². The van der Waals surface area contributed by atoms with Crippen LogP contribution in [0.3, 0.4) is 0 Å². The highest BCUT2D eigenvalue weighted by molar-refractivity contribution is 6.00. The number of likely N-dealkylation sites (tertiary alicyclic amines) is 1. The highest BCUT2D eigenvalue weighted by Crippen LogP contribution is 2.42. The Morgan fingerprint density at radius 1 is 1.14 bits per heavy atom. The van der Waals surface area contributed by atoms with Crippen molar-refractivity contribution < 1.29 is 32.6 Å². The summed E-state index contributed by atoms with van der Waals surface area (Å²) >= 11 is 0. The van der Waals surface area contributed by atoms with Gasteiger partial charge in [0.25, 0.3) is 0 Å². The first-order chi connectivity index (χ1) is 13.9. The number of rotatable bonds is 4. The van der Waals surface area contributed by atoms with Crippen LogP contribution >= 0.6 is 0 Å². The van der Waals surface area contributed by atoms with Gasteiger partial charge in [-0.3, -0.25) is 9.59 Å². The molecular formula is C20H18F2N2O5. The van der Waals surface area contributed by atoms with E-state index in [0.717, 1.165) is 12.1 Å². The predicted molar refractivity (Wildman–Crippen MR) is 98.3 cm³/mol. The third-order valence-electron chi connectivity index (χ3n) is 4.80. The van der Waals surface area contributed by atoms with Crippen LogP contribution in [-0.2, 0) is 9.59 Å². The van der Waals surface area contributed by atoms with Gasteiger partial charge in [-0.2, -0.15) is 0 Å². The van der Waals surface area contributed by atoms with Gasteiger partial charge < -0.3 is 24.4 Å². The van der Waals surface area contributed by atoms with Crippen molar-refractivity contribution in [2.24, 2.45) is 0 Å². The van der Waals surface area contributed by atoms with Crippen LogP contribution in [0.2, 0.25) is 0 Å². The van der Waals surface area contributed by atoms with Gasteiger partial charge in [0.1, 0.15) is 30.8 Å². The van der Waals surface area contributed by atoms with Crippen molar-refractivity contribution in [2.45, 2.75) is 18.9 Å². The van der Waals surface area contributed by atoms with E-state index < -0.39 is 17.7 Å². The topological polar surface area (TPSA) is 77.1 Å². The third-order valence-corrected chi connectivity index (χ3v) is 4.80. The number of halogens is 2. The Bertz CT molecular complexity index is 982. The van der Waals surface area contributed by atoms with Gasteiger partial charge in [-0.15, -0.1) is 0 Å². The van der Waals surface area contributed by atoms with E-state index in [4.69, 9.17) is 14.2 Å². The second-order valence-corrected chi connectivity index (χ2v) is 6.72. The molecular weight excluding hydrogens is 386 g/mol. The lowest BCUT2D eigenvalue weighted by molar-refractivity contribution is -0.131. The van der Waals surface area contributed by atoms with E-state index >= 15 is 0 Å². The molecule has 1 atom stereocenters. The Balaban J connectivity index is 1.62. The third kappa shape index (κ3) is 3.80. The number of carbonyl (C=O) groups is 2. The Kier molecular flexibility index (Phi) is 4.96. The fraction of sp³-hybridized carbons (Fsp3) is 0.300. The first-order valence-corrected chi connectivity index (χ1v) is 9.05. The zero-order valence-electron chi connectivity index (χ0n) is 15.5. The summed E-state index contributed by atoms with van der Waals surface area (Å²) in [5.74, 6) is -1.46. The number of anilines is 1. The molecule has 152 valence electrons. The second kappa shape index (κ2) is 7.57. The molecule has 0 aliphatic carbocycles. The molecule has 2 heterocycles. The quantitative estimate of drug-likeness (QED) is 0.848. The number of nitrogens with zero attached hydrogens (tertiary/aromatic N) is 1. The normalized spacial score (nSPS) is 18.0. The Morgan fingerprint density at radius 3 is 2.66 bits per heavy atom. The zero-order chi connectivity index (χ0) is 20.5. The number of ether oxygens (including phenoxy) is 3. The van der Waals surface area contributed by atoms with Crippen LogP contribution in [0, 0.1) is 11.6 Å². The second-order valence-electron chi connectivity index (χ2n) is 6.72. The molecule has 2 aliphatic heterocycles. The lowest BCUT2D eigenvalue weighted by atomic mass is 10.2. The van der Waals surface area contributed by atoms with Crippen LogP contribution in [0.1, 0.15) is 12.8 Å². The maximum Gasteiger partial charge on any atom is 0.247 e. The molecule has 2 aromatic carbocycles. The highest BCUT2D eigenvalue weighted by Gasteiger charge is 2.34. The van der Waals surface area contributed by atoms with Gasteiger partial charge in [-0.25, -0.2) is 8.78 Å². The van der Waals surface area contributed by atoms with Crippen LogP contribution in [0.15, 0.2) is 30.3 Å². The summed E-state index contributed by atoms with van der Waals surface area (Å²) in [6.45, 7) is 0.621. The van der Waals surface area contributed by atoms with Gasteiger partial charge in [0.05, 0.1) is 5.69 Å². The van der Waals surface area contributed by atoms with Crippen molar-refractivity contribution in [1.82, 2.24) is 4.90 Å².